The Morgan fingerprint density at radius 2 is 2.07 bits per heavy atom. The van der Waals surface area contributed by atoms with Crippen LogP contribution in [0.25, 0.3) is 0 Å². The molecule has 0 aromatic carbocycles. The fourth-order valence-corrected chi connectivity index (χ4v) is 1.38. The summed E-state index contributed by atoms with van der Waals surface area (Å²) >= 11 is 0. The zero-order valence-corrected chi connectivity index (χ0v) is 7.30. The predicted octanol–water partition coefficient (Wildman–Crippen LogP) is 2.13. The van der Waals surface area contributed by atoms with Gasteiger partial charge in [0.05, 0.1) is 5.56 Å². The normalized spacial score (nSPS) is 21.8. The van der Waals surface area contributed by atoms with Gasteiger partial charge in [-0.05, 0) is 24.6 Å². The van der Waals surface area contributed by atoms with Crippen molar-refractivity contribution in [2.45, 2.75) is 18.6 Å². The van der Waals surface area contributed by atoms with Gasteiger partial charge in [0.25, 0.3) is 0 Å². The van der Waals surface area contributed by atoms with Crippen LogP contribution in [0.3, 0.4) is 0 Å². The first kappa shape index (κ1) is 9.45. The molecule has 14 heavy (non-hydrogen) atoms. The van der Waals surface area contributed by atoms with E-state index < -0.39 is 11.7 Å². The molecule has 0 radical (unpaired) electrons. The van der Waals surface area contributed by atoms with Gasteiger partial charge in [-0.3, -0.25) is 4.98 Å². The molecule has 76 valence electrons. The summed E-state index contributed by atoms with van der Waals surface area (Å²) < 4.78 is 36.9. The van der Waals surface area contributed by atoms with E-state index in [-0.39, 0.29) is 6.04 Å². The molecule has 1 aliphatic heterocycles. The summed E-state index contributed by atoms with van der Waals surface area (Å²) in [6, 6.07) is 1.20. The number of hydrogen-bond donors (Lipinski definition) is 1. The minimum absolute atomic E-state index is 0.0461. The van der Waals surface area contributed by atoms with Gasteiger partial charge in [0.1, 0.15) is 0 Å². The molecular weight excluding hydrogens is 193 g/mol. The highest BCUT2D eigenvalue weighted by Crippen LogP contribution is 2.31. The molecule has 1 aliphatic rings. The molecule has 1 saturated heterocycles. The zero-order chi connectivity index (χ0) is 10.2. The highest BCUT2D eigenvalue weighted by atomic mass is 19.4. The number of alkyl halides is 3. The number of pyridine rings is 1. The highest BCUT2D eigenvalue weighted by molar-refractivity contribution is 5.24. The van der Waals surface area contributed by atoms with Gasteiger partial charge in [-0.1, -0.05) is 0 Å². The number of hydrogen-bond acceptors (Lipinski definition) is 2. The van der Waals surface area contributed by atoms with E-state index in [1.165, 1.54) is 6.20 Å². The lowest BCUT2D eigenvalue weighted by molar-refractivity contribution is -0.137. The number of rotatable bonds is 1. The lowest BCUT2D eigenvalue weighted by Gasteiger charge is -2.28. The van der Waals surface area contributed by atoms with Crippen LogP contribution >= 0.6 is 0 Å². The predicted molar refractivity (Wildman–Crippen MR) is 44.6 cm³/mol. The van der Waals surface area contributed by atoms with Crippen molar-refractivity contribution in [1.29, 1.82) is 0 Å². The molecule has 0 bridgehead atoms. The zero-order valence-electron chi connectivity index (χ0n) is 7.30. The van der Waals surface area contributed by atoms with Gasteiger partial charge >= 0.3 is 6.18 Å². The lowest BCUT2D eigenvalue weighted by atomic mass is 9.98. The molecular formula is C9H9F3N2. The van der Waals surface area contributed by atoms with E-state index in [2.05, 4.69) is 10.3 Å². The Labute approximate surface area is 79.2 Å². The average Bonchev–Trinajstić information content (AvgIpc) is 2.00. The summed E-state index contributed by atoms with van der Waals surface area (Å²) in [4.78, 5) is 3.59. The monoisotopic (exact) mass is 202 g/mol. The van der Waals surface area contributed by atoms with E-state index in [1.807, 2.05) is 0 Å². The minimum atomic E-state index is -4.30. The van der Waals surface area contributed by atoms with E-state index in [9.17, 15) is 13.2 Å². The Morgan fingerprint density at radius 1 is 1.36 bits per heavy atom. The van der Waals surface area contributed by atoms with Gasteiger partial charge in [-0.15, -0.1) is 0 Å². The van der Waals surface area contributed by atoms with Crippen LogP contribution < -0.4 is 5.32 Å². The van der Waals surface area contributed by atoms with Gasteiger partial charge in [0.2, 0.25) is 0 Å². The van der Waals surface area contributed by atoms with Crippen LogP contribution in [0, 0.1) is 0 Å². The van der Waals surface area contributed by atoms with Crippen molar-refractivity contribution >= 4 is 0 Å². The SMILES string of the molecule is FC(F)(F)c1cncc([C@@H]2CCN2)c1. The molecule has 0 amide bonds. The van der Waals surface area contributed by atoms with Crippen molar-refractivity contribution in [1.82, 2.24) is 10.3 Å². The van der Waals surface area contributed by atoms with Gasteiger partial charge < -0.3 is 5.32 Å². The third-order valence-electron chi connectivity index (χ3n) is 2.31. The first-order valence-electron chi connectivity index (χ1n) is 4.33. The van der Waals surface area contributed by atoms with Crippen LogP contribution in [-0.4, -0.2) is 11.5 Å². The summed E-state index contributed by atoms with van der Waals surface area (Å²) in [6.07, 6.45) is -1.09. The maximum absolute atomic E-state index is 12.3. The van der Waals surface area contributed by atoms with E-state index >= 15 is 0 Å². The highest BCUT2D eigenvalue weighted by Gasteiger charge is 2.32. The molecule has 0 unspecified atom stereocenters. The molecule has 5 heteroatoms. The molecule has 1 fully saturated rings. The third kappa shape index (κ3) is 1.72. The molecule has 1 aromatic rings. The maximum Gasteiger partial charge on any atom is 0.417 e. The second-order valence-corrected chi connectivity index (χ2v) is 3.30. The van der Waals surface area contributed by atoms with Gasteiger partial charge in [-0.25, -0.2) is 0 Å². The Kier molecular flexibility index (Phi) is 2.19. The molecule has 1 aromatic heterocycles. The first-order valence-corrected chi connectivity index (χ1v) is 4.33. The maximum atomic E-state index is 12.3. The number of nitrogens with zero attached hydrogens (tertiary/aromatic N) is 1. The van der Waals surface area contributed by atoms with Crippen molar-refractivity contribution in [2.75, 3.05) is 6.54 Å². The van der Waals surface area contributed by atoms with Crippen molar-refractivity contribution in [3.05, 3.63) is 29.6 Å². The van der Waals surface area contributed by atoms with Crippen LogP contribution in [-0.2, 0) is 6.18 Å². The molecule has 1 atom stereocenters. The Morgan fingerprint density at radius 3 is 2.57 bits per heavy atom. The van der Waals surface area contributed by atoms with Gasteiger partial charge in [0.15, 0.2) is 0 Å². The van der Waals surface area contributed by atoms with Crippen LogP contribution in [0.1, 0.15) is 23.6 Å². The molecule has 0 spiro atoms. The third-order valence-corrected chi connectivity index (χ3v) is 2.31. The standard InChI is InChI=1S/C9H9F3N2/c10-9(11,12)7-3-6(4-13-5-7)8-1-2-14-8/h3-5,8,14H,1-2H2/t8-/m0/s1. The molecule has 1 N–H and O–H groups in total. The van der Waals surface area contributed by atoms with Crippen molar-refractivity contribution in [3.63, 3.8) is 0 Å². The molecule has 0 aliphatic carbocycles. The van der Waals surface area contributed by atoms with Crippen LogP contribution in [0.15, 0.2) is 18.5 Å². The summed E-state index contributed by atoms with van der Waals surface area (Å²) in [6.45, 7) is 0.862. The lowest BCUT2D eigenvalue weighted by Crippen LogP contribution is -2.35. The van der Waals surface area contributed by atoms with E-state index in [1.54, 1.807) is 0 Å². The Bertz CT molecular complexity index is 331. The molecule has 2 nitrogen and oxygen atoms in total. The van der Waals surface area contributed by atoms with Gasteiger partial charge in [-0.2, -0.15) is 13.2 Å². The summed E-state index contributed by atoms with van der Waals surface area (Å²) in [5.74, 6) is 0. The van der Waals surface area contributed by atoms with Crippen LogP contribution in [0.2, 0.25) is 0 Å². The Hall–Kier alpha value is -1.10. The molecule has 0 saturated carbocycles. The average molecular weight is 202 g/mol. The second kappa shape index (κ2) is 3.24. The van der Waals surface area contributed by atoms with Gasteiger partial charge in [0, 0.05) is 18.4 Å². The Balaban J connectivity index is 2.26. The number of halogens is 3. The van der Waals surface area contributed by atoms with E-state index in [0.717, 1.165) is 25.2 Å². The van der Waals surface area contributed by atoms with Crippen LogP contribution in [0.5, 0.6) is 0 Å². The first-order chi connectivity index (χ1) is 6.57. The van der Waals surface area contributed by atoms with Crippen molar-refractivity contribution in [3.8, 4) is 0 Å². The van der Waals surface area contributed by atoms with E-state index in [0.29, 0.717) is 5.56 Å². The minimum Gasteiger partial charge on any atom is -0.310 e. The topological polar surface area (TPSA) is 24.9 Å². The number of aromatic nitrogens is 1. The summed E-state index contributed by atoms with van der Waals surface area (Å²) in [5, 5.41) is 3.03. The summed E-state index contributed by atoms with van der Waals surface area (Å²) in [7, 11) is 0. The smallest absolute Gasteiger partial charge is 0.310 e. The fourth-order valence-electron chi connectivity index (χ4n) is 1.38. The number of nitrogens with one attached hydrogen (secondary N) is 1. The van der Waals surface area contributed by atoms with Crippen LogP contribution in [0.4, 0.5) is 13.2 Å². The molecule has 2 rings (SSSR count). The quantitative estimate of drug-likeness (QED) is 0.754. The summed E-state index contributed by atoms with van der Waals surface area (Å²) in [5.41, 5.74) is -0.0604. The van der Waals surface area contributed by atoms with Crippen molar-refractivity contribution < 1.29 is 13.2 Å². The van der Waals surface area contributed by atoms with Crippen molar-refractivity contribution in [2.24, 2.45) is 0 Å². The second-order valence-electron chi connectivity index (χ2n) is 3.30. The molecule has 2 heterocycles. The fraction of sp³-hybridized carbons (Fsp3) is 0.444. The largest absolute Gasteiger partial charge is 0.417 e. The van der Waals surface area contributed by atoms with E-state index in [4.69, 9.17) is 0 Å².